The molecule has 1 aromatic carbocycles. The van der Waals surface area contributed by atoms with Gasteiger partial charge in [-0.15, -0.1) is 23.7 Å². The van der Waals surface area contributed by atoms with Gasteiger partial charge in [0.05, 0.1) is 4.92 Å². The third-order valence-corrected chi connectivity index (χ3v) is 5.62. The second-order valence-corrected chi connectivity index (χ2v) is 7.33. The molecule has 0 atom stereocenters. The van der Waals surface area contributed by atoms with Crippen LogP contribution >= 0.6 is 23.7 Å². The summed E-state index contributed by atoms with van der Waals surface area (Å²) in [6, 6.07) is 6.33. The van der Waals surface area contributed by atoms with Crippen LogP contribution in [0.15, 0.2) is 29.6 Å². The zero-order valence-electron chi connectivity index (χ0n) is 15.1. The summed E-state index contributed by atoms with van der Waals surface area (Å²) in [6.45, 7) is 2.53. The van der Waals surface area contributed by atoms with Crippen molar-refractivity contribution in [1.29, 1.82) is 0 Å². The van der Waals surface area contributed by atoms with Gasteiger partial charge in [0.1, 0.15) is 10.7 Å². The summed E-state index contributed by atoms with van der Waals surface area (Å²) in [5.74, 6) is 0.618. The molecule has 1 aliphatic heterocycles. The maximum Gasteiger partial charge on any atom is 0.273 e. The number of halogens is 1. The highest BCUT2D eigenvalue weighted by molar-refractivity contribution is 7.13. The van der Waals surface area contributed by atoms with E-state index in [0.717, 1.165) is 38.9 Å². The number of nitro benzene ring substituents is 1. The van der Waals surface area contributed by atoms with E-state index in [1.807, 2.05) is 11.9 Å². The number of nitro groups is 1. The molecule has 146 valence electrons. The quantitative estimate of drug-likeness (QED) is 0.580. The average Bonchev–Trinajstić information content (AvgIpc) is 3.16. The van der Waals surface area contributed by atoms with Gasteiger partial charge in [0.15, 0.2) is 0 Å². The molecule has 27 heavy (non-hydrogen) atoms. The van der Waals surface area contributed by atoms with Crippen molar-refractivity contribution in [2.75, 3.05) is 26.7 Å². The van der Waals surface area contributed by atoms with E-state index in [0.29, 0.717) is 22.2 Å². The number of rotatable bonds is 6. The second kappa shape index (κ2) is 9.77. The lowest BCUT2D eigenvalue weighted by Gasteiger charge is -2.31. The Bertz CT molecular complexity index is 790. The van der Waals surface area contributed by atoms with Crippen LogP contribution in [-0.4, -0.2) is 47.4 Å². The van der Waals surface area contributed by atoms with E-state index in [4.69, 9.17) is 0 Å². The number of likely N-dealkylation sites (tertiary alicyclic amines) is 1. The maximum absolute atomic E-state index is 12.7. The summed E-state index contributed by atoms with van der Waals surface area (Å²) in [7, 11) is 1.96. The fourth-order valence-electron chi connectivity index (χ4n) is 3.19. The maximum atomic E-state index is 12.7. The van der Waals surface area contributed by atoms with E-state index < -0.39 is 4.92 Å². The third kappa shape index (κ3) is 5.24. The Morgan fingerprint density at radius 2 is 2.15 bits per heavy atom. The first-order valence-electron chi connectivity index (χ1n) is 8.72. The van der Waals surface area contributed by atoms with Crippen molar-refractivity contribution in [2.24, 2.45) is 5.92 Å². The standard InChI is InChI=1S/C18H22N4O3S.ClH/c1-19-8-5-13-6-9-21(10-7-13)18(23)16-12-26-17(20-16)14-3-2-4-15(11-14)22(24)25;/h2-4,11-13,19H,5-10H2,1H3;1H. The van der Waals surface area contributed by atoms with Crippen LogP contribution in [0.4, 0.5) is 5.69 Å². The van der Waals surface area contributed by atoms with Crippen molar-refractivity contribution < 1.29 is 9.72 Å². The lowest BCUT2D eigenvalue weighted by Crippen LogP contribution is -2.39. The van der Waals surface area contributed by atoms with Gasteiger partial charge < -0.3 is 10.2 Å². The van der Waals surface area contributed by atoms with Crippen LogP contribution in [-0.2, 0) is 0 Å². The summed E-state index contributed by atoms with van der Waals surface area (Å²) in [6.07, 6.45) is 3.19. The van der Waals surface area contributed by atoms with Crippen molar-refractivity contribution in [3.8, 4) is 10.6 Å². The van der Waals surface area contributed by atoms with Gasteiger partial charge in [-0.05, 0) is 38.8 Å². The highest BCUT2D eigenvalue weighted by Gasteiger charge is 2.25. The number of thiazole rings is 1. The Kier molecular flexibility index (Phi) is 7.70. The normalized spacial score (nSPS) is 14.6. The number of aromatic nitrogens is 1. The van der Waals surface area contributed by atoms with E-state index in [-0.39, 0.29) is 24.0 Å². The van der Waals surface area contributed by atoms with Crippen molar-refractivity contribution in [2.45, 2.75) is 19.3 Å². The van der Waals surface area contributed by atoms with Crippen molar-refractivity contribution in [1.82, 2.24) is 15.2 Å². The Hall–Kier alpha value is -2.03. The van der Waals surface area contributed by atoms with Crippen LogP contribution in [0.1, 0.15) is 29.8 Å². The molecule has 3 rings (SSSR count). The summed E-state index contributed by atoms with van der Waals surface area (Å²) < 4.78 is 0. The van der Waals surface area contributed by atoms with Gasteiger partial charge in [0.25, 0.3) is 11.6 Å². The molecule has 7 nitrogen and oxygen atoms in total. The molecule has 0 unspecified atom stereocenters. The molecule has 0 saturated carbocycles. The average molecular weight is 411 g/mol. The summed E-state index contributed by atoms with van der Waals surface area (Å²) >= 11 is 1.34. The van der Waals surface area contributed by atoms with E-state index in [2.05, 4.69) is 10.3 Å². The van der Waals surface area contributed by atoms with Crippen LogP contribution in [0.5, 0.6) is 0 Å². The first-order valence-corrected chi connectivity index (χ1v) is 9.60. The van der Waals surface area contributed by atoms with Gasteiger partial charge in [-0.25, -0.2) is 4.98 Å². The van der Waals surface area contributed by atoms with E-state index in [9.17, 15) is 14.9 Å². The highest BCUT2D eigenvalue weighted by Crippen LogP contribution is 2.28. The van der Waals surface area contributed by atoms with Crippen LogP contribution in [0, 0.1) is 16.0 Å². The van der Waals surface area contributed by atoms with Gasteiger partial charge in [0.2, 0.25) is 0 Å². The predicted molar refractivity (Wildman–Crippen MR) is 109 cm³/mol. The fraction of sp³-hybridized carbons (Fsp3) is 0.444. The van der Waals surface area contributed by atoms with Crippen molar-refractivity contribution in [3.05, 3.63) is 45.5 Å². The number of hydrogen-bond donors (Lipinski definition) is 1. The number of benzene rings is 1. The lowest BCUT2D eigenvalue weighted by atomic mass is 9.93. The topological polar surface area (TPSA) is 88.4 Å². The zero-order valence-corrected chi connectivity index (χ0v) is 16.7. The Balaban J connectivity index is 0.00000261. The molecule has 9 heteroatoms. The van der Waals surface area contributed by atoms with Crippen molar-refractivity contribution >= 4 is 35.3 Å². The number of nitrogens with zero attached hydrogens (tertiary/aromatic N) is 3. The van der Waals surface area contributed by atoms with Gasteiger partial charge in [-0.3, -0.25) is 14.9 Å². The van der Waals surface area contributed by atoms with Crippen LogP contribution < -0.4 is 5.32 Å². The van der Waals surface area contributed by atoms with Crippen LogP contribution in [0.3, 0.4) is 0 Å². The number of piperidine rings is 1. The molecular weight excluding hydrogens is 388 g/mol. The Morgan fingerprint density at radius 1 is 1.41 bits per heavy atom. The Labute approximate surface area is 168 Å². The zero-order chi connectivity index (χ0) is 18.5. The number of carbonyl (C=O) groups is 1. The molecule has 0 aliphatic carbocycles. The largest absolute Gasteiger partial charge is 0.337 e. The molecule has 1 aliphatic rings. The lowest BCUT2D eigenvalue weighted by molar-refractivity contribution is -0.384. The molecule has 0 spiro atoms. The molecule has 0 bridgehead atoms. The van der Waals surface area contributed by atoms with Gasteiger partial charge >= 0.3 is 0 Å². The fourth-order valence-corrected chi connectivity index (χ4v) is 3.98. The summed E-state index contributed by atoms with van der Waals surface area (Å²) in [5.41, 5.74) is 1.11. The van der Waals surface area contributed by atoms with Crippen LogP contribution in [0.25, 0.3) is 10.6 Å². The van der Waals surface area contributed by atoms with E-state index >= 15 is 0 Å². The number of nitrogens with one attached hydrogen (secondary N) is 1. The molecule has 1 aromatic heterocycles. The molecular formula is C18H23ClN4O3S. The van der Waals surface area contributed by atoms with Crippen LogP contribution in [0.2, 0.25) is 0 Å². The minimum Gasteiger partial charge on any atom is -0.337 e. The predicted octanol–water partition coefficient (Wildman–Crippen LogP) is 3.60. The summed E-state index contributed by atoms with van der Waals surface area (Å²) in [4.78, 5) is 29.5. The first-order chi connectivity index (χ1) is 12.6. The smallest absolute Gasteiger partial charge is 0.273 e. The summed E-state index contributed by atoms with van der Waals surface area (Å²) in [5, 5.41) is 16.5. The minimum atomic E-state index is -0.429. The number of hydrogen-bond acceptors (Lipinski definition) is 6. The van der Waals surface area contributed by atoms with Gasteiger partial charge in [0, 0.05) is 36.2 Å². The second-order valence-electron chi connectivity index (χ2n) is 6.47. The molecule has 0 radical (unpaired) electrons. The monoisotopic (exact) mass is 410 g/mol. The minimum absolute atomic E-state index is 0. The first kappa shape index (κ1) is 21.3. The number of non-ortho nitro benzene ring substituents is 1. The molecule has 2 heterocycles. The molecule has 1 saturated heterocycles. The van der Waals surface area contributed by atoms with Gasteiger partial charge in [-0.2, -0.15) is 0 Å². The molecule has 1 N–H and O–H groups in total. The van der Waals surface area contributed by atoms with Gasteiger partial charge in [-0.1, -0.05) is 12.1 Å². The number of carbonyl (C=O) groups excluding carboxylic acids is 1. The number of amides is 1. The van der Waals surface area contributed by atoms with E-state index in [1.165, 1.54) is 23.5 Å². The third-order valence-electron chi connectivity index (χ3n) is 4.73. The highest BCUT2D eigenvalue weighted by atomic mass is 35.5. The molecule has 2 aromatic rings. The van der Waals surface area contributed by atoms with Crippen molar-refractivity contribution in [3.63, 3.8) is 0 Å². The molecule has 1 fully saturated rings. The molecule has 1 amide bonds. The SMILES string of the molecule is CNCCC1CCN(C(=O)c2csc(-c3cccc([N+](=O)[O-])c3)n2)CC1.Cl. The van der Waals surface area contributed by atoms with E-state index in [1.54, 1.807) is 17.5 Å². The Morgan fingerprint density at radius 3 is 2.81 bits per heavy atom.